The Balaban J connectivity index is 2.31. The summed E-state index contributed by atoms with van der Waals surface area (Å²) in [5.74, 6) is 0. The highest BCUT2D eigenvalue weighted by Crippen LogP contribution is 2.25. The van der Waals surface area contributed by atoms with Crippen molar-refractivity contribution < 1.29 is 0 Å². The van der Waals surface area contributed by atoms with Crippen molar-refractivity contribution in [2.75, 3.05) is 0 Å². The van der Waals surface area contributed by atoms with Gasteiger partial charge in [-0.25, -0.2) is 0 Å². The molecule has 0 saturated carbocycles. The summed E-state index contributed by atoms with van der Waals surface area (Å²) in [6.45, 7) is 4.39. The van der Waals surface area contributed by atoms with Gasteiger partial charge in [0, 0.05) is 10.7 Å². The van der Waals surface area contributed by atoms with E-state index in [0.29, 0.717) is 6.04 Å². The van der Waals surface area contributed by atoms with Gasteiger partial charge in [-0.2, -0.15) is 0 Å². The molecule has 1 aromatic rings. The lowest BCUT2D eigenvalue weighted by molar-refractivity contribution is 0.715. The molecule has 1 heterocycles. The highest BCUT2D eigenvalue weighted by molar-refractivity contribution is 6.30. The van der Waals surface area contributed by atoms with Gasteiger partial charge in [0.25, 0.3) is 0 Å². The second kappa shape index (κ2) is 5.01. The lowest BCUT2D eigenvalue weighted by Crippen LogP contribution is -2.18. The molecule has 86 valence electrons. The number of rotatable bonds is 3. The van der Waals surface area contributed by atoms with Gasteiger partial charge >= 0.3 is 0 Å². The summed E-state index contributed by atoms with van der Waals surface area (Å²) in [4.78, 5) is 4.76. The zero-order valence-corrected chi connectivity index (χ0v) is 10.7. The first-order valence-corrected chi connectivity index (χ1v) is 6.44. The summed E-state index contributed by atoms with van der Waals surface area (Å²) in [5, 5.41) is 0.836. The molecule has 0 aliphatic carbocycles. The molecule has 2 heteroatoms. The van der Waals surface area contributed by atoms with E-state index in [1.165, 1.54) is 29.7 Å². The van der Waals surface area contributed by atoms with E-state index in [4.69, 9.17) is 16.6 Å². The second-order valence-electron chi connectivity index (χ2n) is 4.53. The van der Waals surface area contributed by atoms with Gasteiger partial charge in [0.2, 0.25) is 0 Å². The Hall–Kier alpha value is -0.820. The summed E-state index contributed by atoms with van der Waals surface area (Å²) >= 11 is 6.04. The third-order valence-corrected chi connectivity index (χ3v) is 3.27. The van der Waals surface area contributed by atoms with Crippen molar-refractivity contribution >= 4 is 17.3 Å². The van der Waals surface area contributed by atoms with Gasteiger partial charge in [-0.1, -0.05) is 31.0 Å². The van der Waals surface area contributed by atoms with Crippen molar-refractivity contribution in [2.45, 2.75) is 45.6 Å². The van der Waals surface area contributed by atoms with Crippen LogP contribution in [-0.2, 0) is 6.42 Å². The summed E-state index contributed by atoms with van der Waals surface area (Å²) in [6.07, 6.45) is 4.55. The van der Waals surface area contributed by atoms with Crippen molar-refractivity contribution in [3.8, 4) is 0 Å². The van der Waals surface area contributed by atoms with Crippen LogP contribution in [-0.4, -0.2) is 11.8 Å². The van der Waals surface area contributed by atoms with Crippen LogP contribution < -0.4 is 0 Å². The maximum Gasteiger partial charge on any atom is 0.0515 e. The number of halogens is 1. The first-order chi connectivity index (χ1) is 7.70. The van der Waals surface area contributed by atoms with Crippen LogP contribution in [0.5, 0.6) is 0 Å². The summed E-state index contributed by atoms with van der Waals surface area (Å²) in [5.41, 5.74) is 3.95. The molecule has 1 unspecified atom stereocenters. The highest BCUT2D eigenvalue weighted by Gasteiger charge is 2.17. The molecule has 0 saturated heterocycles. The topological polar surface area (TPSA) is 12.4 Å². The van der Waals surface area contributed by atoms with E-state index < -0.39 is 0 Å². The predicted molar refractivity (Wildman–Crippen MR) is 70.7 cm³/mol. The lowest BCUT2D eigenvalue weighted by atomic mass is 9.92. The monoisotopic (exact) mass is 235 g/mol. The van der Waals surface area contributed by atoms with Crippen molar-refractivity contribution in [3.63, 3.8) is 0 Å². The smallest absolute Gasteiger partial charge is 0.0515 e. The van der Waals surface area contributed by atoms with Crippen LogP contribution in [0.15, 0.2) is 23.2 Å². The number of nitrogens with zero attached hydrogens (tertiary/aromatic N) is 1. The minimum atomic E-state index is 0.401. The molecule has 0 N–H and O–H groups in total. The van der Waals surface area contributed by atoms with Crippen LogP contribution in [0.2, 0.25) is 5.02 Å². The zero-order chi connectivity index (χ0) is 11.5. The van der Waals surface area contributed by atoms with Gasteiger partial charge in [-0.05, 0) is 49.4 Å². The minimum Gasteiger partial charge on any atom is -0.286 e. The van der Waals surface area contributed by atoms with Crippen molar-refractivity contribution in [1.82, 2.24) is 0 Å². The second-order valence-corrected chi connectivity index (χ2v) is 4.97. The Morgan fingerprint density at radius 3 is 3.00 bits per heavy atom. The minimum absolute atomic E-state index is 0.401. The molecule has 1 aliphatic rings. The Morgan fingerprint density at radius 1 is 1.44 bits per heavy atom. The van der Waals surface area contributed by atoms with Gasteiger partial charge in [0.05, 0.1) is 6.04 Å². The standard InChI is InChI=1S/C14H18ClN/c1-3-4-5-14-13-7-6-12(15)9-11(13)8-10(2)16-14/h6-7,9-10H,3-5,8H2,1-2H3. The van der Waals surface area contributed by atoms with Gasteiger partial charge < -0.3 is 0 Å². The zero-order valence-electron chi connectivity index (χ0n) is 9.96. The van der Waals surface area contributed by atoms with Crippen LogP contribution in [0, 0.1) is 0 Å². The third kappa shape index (κ3) is 2.46. The van der Waals surface area contributed by atoms with E-state index >= 15 is 0 Å². The molecule has 2 rings (SSSR count). The number of fused-ring (bicyclic) bond motifs is 1. The Morgan fingerprint density at radius 2 is 2.25 bits per heavy atom. The molecule has 1 aliphatic heterocycles. The number of hydrogen-bond acceptors (Lipinski definition) is 1. The largest absolute Gasteiger partial charge is 0.286 e. The molecular weight excluding hydrogens is 218 g/mol. The van der Waals surface area contributed by atoms with E-state index in [1.807, 2.05) is 6.07 Å². The maximum absolute atomic E-state index is 6.04. The molecule has 0 bridgehead atoms. The van der Waals surface area contributed by atoms with Crippen LogP contribution in [0.3, 0.4) is 0 Å². The van der Waals surface area contributed by atoms with E-state index in [0.717, 1.165) is 17.9 Å². The van der Waals surface area contributed by atoms with Crippen molar-refractivity contribution in [1.29, 1.82) is 0 Å². The molecule has 0 amide bonds. The van der Waals surface area contributed by atoms with E-state index in [1.54, 1.807) is 0 Å². The van der Waals surface area contributed by atoms with Crippen LogP contribution >= 0.6 is 11.6 Å². The van der Waals surface area contributed by atoms with Crippen LogP contribution in [0.4, 0.5) is 0 Å². The van der Waals surface area contributed by atoms with Crippen LogP contribution in [0.25, 0.3) is 0 Å². The fourth-order valence-corrected chi connectivity index (χ4v) is 2.45. The van der Waals surface area contributed by atoms with E-state index in [9.17, 15) is 0 Å². The highest BCUT2D eigenvalue weighted by atomic mass is 35.5. The molecule has 0 aromatic heterocycles. The number of benzene rings is 1. The fourth-order valence-electron chi connectivity index (χ4n) is 2.26. The molecule has 0 spiro atoms. The molecule has 1 atom stereocenters. The van der Waals surface area contributed by atoms with Crippen molar-refractivity contribution in [3.05, 3.63) is 34.3 Å². The number of unbranched alkanes of at least 4 members (excludes halogenated alkanes) is 1. The molecule has 16 heavy (non-hydrogen) atoms. The number of aliphatic imine (C=N–C) groups is 1. The van der Waals surface area contributed by atoms with Gasteiger partial charge in [0.1, 0.15) is 0 Å². The lowest BCUT2D eigenvalue weighted by Gasteiger charge is -2.21. The predicted octanol–water partition coefficient (Wildman–Crippen LogP) is 4.26. The normalized spacial score (nSPS) is 19.2. The molecular formula is C14H18ClN. The average molecular weight is 236 g/mol. The maximum atomic E-state index is 6.04. The van der Waals surface area contributed by atoms with Gasteiger partial charge in [-0.15, -0.1) is 0 Å². The SMILES string of the molecule is CCCCC1=NC(C)Cc2cc(Cl)ccc21. The van der Waals surface area contributed by atoms with Crippen molar-refractivity contribution in [2.24, 2.45) is 4.99 Å². The molecule has 0 radical (unpaired) electrons. The molecule has 1 nitrogen and oxygen atoms in total. The summed E-state index contributed by atoms with van der Waals surface area (Å²) < 4.78 is 0. The van der Waals surface area contributed by atoms with E-state index in [2.05, 4.69) is 26.0 Å². The summed E-state index contributed by atoms with van der Waals surface area (Å²) in [6, 6.07) is 6.59. The Kier molecular flexibility index (Phi) is 3.65. The van der Waals surface area contributed by atoms with E-state index in [-0.39, 0.29) is 0 Å². The third-order valence-electron chi connectivity index (χ3n) is 3.04. The van der Waals surface area contributed by atoms with Gasteiger partial charge in [-0.3, -0.25) is 4.99 Å². The quantitative estimate of drug-likeness (QED) is 0.742. The first-order valence-electron chi connectivity index (χ1n) is 6.06. The van der Waals surface area contributed by atoms with Gasteiger partial charge in [0.15, 0.2) is 0 Å². The fraction of sp³-hybridized carbons (Fsp3) is 0.500. The van der Waals surface area contributed by atoms with Crippen LogP contribution in [0.1, 0.15) is 44.2 Å². The molecule has 1 aromatic carbocycles. The Labute approximate surface area is 103 Å². The first kappa shape index (κ1) is 11.7. The Bertz CT molecular complexity index is 409. The molecule has 0 fully saturated rings. The number of hydrogen-bond donors (Lipinski definition) is 0. The average Bonchev–Trinajstić information content (AvgIpc) is 2.25. The summed E-state index contributed by atoms with van der Waals surface area (Å²) in [7, 11) is 0.